The molecule has 0 fully saturated rings. The summed E-state index contributed by atoms with van der Waals surface area (Å²) in [6.45, 7) is 4.86. The molecule has 5 heteroatoms. The van der Waals surface area contributed by atoms with Crippen molar-refractivity contribution in [3.63, 3.8) is 0 Å². The van der Waals surface area contributed by atoms with Crippen molar-refractivity contribution in [3.8, 4) is 0 Å². The van der Waals surface area contributed by atoms with Gasteiger partial charge in [0.2, 0.25) is 5.43 Å². The molecule has 0 atom stereocenters. The maximum Gasteiger partial charge on any atom is 0.257 e. The zero-order valence-corrected chi connectivity index (χ0v) is 14.9. The third-order valence-corrected chi connectivity index (χ3v) is 4.72. The SMILES string of the molecule is CCn1cc(C(=O)NCc2ccccc2)c(=O)c2ccc(Cl)c(C)c21. The van der Waals surface area contributed by atoms with E-state index in [-0.39, 0.29) is 16.9 Å². The highest BCUT2D eigenvalue weighted by atomic mass is 35.5. The van der Waals surface area contributed by atoms with E-state index in [0.29, 0.717) is 23.5 Å². The van der Waals surface area contributed by atoms with Crippen LogP contribution in [-0.4, -0.2) is 10.5 Å². The van der Waals surface area contributed by atoms with Gasteiger partial charge in [-0.2, -0.15) is 0 Å². The molecule has 2 aromatic carbocycles. The second-order valence-electron chi connectivity index (χ2n) is 5.89. The predicted molar refractivity (Wildman–Crippen MR) is 101 cm³/mol. The Labute approximate surface area is 151 Å². The van der Waals surface area contributed by atoms with E-state index in [1.165, 1.54) is 0 Å². The van der Waals surface area contributed by atoms with Crippen LogP contribution in [0.1, 0.15) is 28.4 Å². The van der Waals surface area contributed by atoms with Crippen LogP contribution in [0.4, 0.5) is 0 Å². The first kappa shape index (κ1) is 17.2. The fourth-order valence-corrected chi connectivity index (χ4v) is 3.09. The summed E-state index contributed by atoms with van der Waals surface area (Å²) in [5, 5.41) is 3.94. The van der Waals surface area contributed by atoms with Gasteiger partial charge >= 0.3 is 0 Å². The maximum absolute atomic E-state index is 12.8. The quantitative estimate of drug-likeness (QED) is 0.772. The summed E-state index contributed by atoms with van der Waals surface area (Å²) < 4.78 is 1.90. The summed E-state index contributed by atoms with van der Waals surface area (Å²) in [4.78, 5) is 25.3. The lowest BCUT2D eigenvalue weighted by Gasteiger charge is -2.14. The lowest BCUT2D eigenvalue weighted by molar-refractivity contribution is 0.0949. The maximum atomic E-state index is 12.8. The monoisotopic (exact) mass is 354 g/mol. The largest absolute Gasteiger partial charge is 0.348 e. The number of nitrogens with one attached hydrogen (secondary N) is 1. The molecule has 0 aliphatic carbocycles. The van der Waals surface area contributed by atoms with E-state index in [4.69, 9.17) is 11.6 Å². The normalized spacial score (nSPS) is 10.8. The van der Waals surface area contributed by atoms with Crippen molar-refractivity contribution in [2.24, 2.45) is 0 Å². The summed E-state index contributed by atoms with van der Waals surface area (Å²) in [6.07, 6.45) is 1.62. The third kappa shape index (κ3) is 3.30. The molecule has 0 aliphatic heterocycles. The molecule has 4 nitrogen and oxygen atoms in total. The minimum absolute atomic E-state index is 0.145. The van der Waals surface area contributed by atoms with Crippen LogP contribution in [0.25, 0.3) is 10.9 Å². The van der Waals surface area contributed by atoms with Gasteiger partial charge in [0.25, 0.3) is 5.91 Å². The van der Waals surface area contributed by atoms with E-state index < -0.39 is 0 Å². The molecule has 128 valence electrons. The summed E-state index contributed by atoms with van der Waals surface area (Å²) in [7, 11) is 0. The molecule has 1 N–H and O–H groups in total. The molecule has 0 radical (unpaired) electrons. The highest BCUT2D eigenvalue weighted by molar-refractivity contribution is 6.32. The lowest BCUT2D eigenvalue weighted by atomic mass is 10.1. The van der Waals surface area contributed by atoms with Crippen molar-refractivity contribution < 1.29 is 4.79 Å². The summed E-state index contributed by atoms with van der Waals surface area (Å²) in [5.74, 6) is -0.370. The van der Waals surface area contributed by atoms with Crippen LogP contribution in [-0.2, 0) is 13.1 Å². The van der Waals surface area contributed by atoms with Gasteiger partial charge in [-0.05, 0) is 37.1 Å². The molecule has 0 spiro atoms. The minimum atomic E-state index is -0.370. The van der Waals surface area contributed by atoms with Crippen LogP contribution in [0.2, 0.25) is 5.02 Å². The molecule has 3 aromatic rings. The molecule has 0 saturated heterocycles. The molecular weight excluding hydrogens is 336 g/mol. The number of rotatable bonds is 4. The average Bonchev–Trinajstić information content (AvgIpc) is 2.64. The Morgan fingerprint density at radius 1 is 1.16 bits per heavy atom. The Bertz CT molecular complexity index is 994. The number of aryl methyl sites for hydroxylation is 2. The van der Waals surface area contributed by atoms with E-state index in [1.807, 2.05) is 48.7 Å². The highest BCUT2D eigenvalue weighted by Gasteiger charge is 2.17. The average molecular weight is 355 g/mol. The van der Waals surface area contributed by atoms with E-state index in [1.54, 1.807) is 18.3 Å². The first-order chi connectivity index (χ1) is 12.0. The van der Waals surface area contributed by atoms with Gasteiger partial charge in [-0.25, -0.2) is 0 Å². The van der Waals surface area contributed by atoms with Gasteiger partial charge in [-0.1, -0.05) is 41.9 Å². The Balaban J connectivity index is 2.02. The zero-order chi connectivity index (χ0) is 18.0. The van der Waals surface area contributed by atoms with Crippen LogP contribution in [0.5, 0.6) is 0 Å². The lowest BCUT2D eigenvalue weighted by Crippen LogP contribution is -2.29. The molecule has 1 aromatic heterocycles. The van der Waals surface area contributed by atoms with Crippen molar-refractivity contribution in [1.82, 2.24) is 9.88 Å². The van der Waals surface area contributed by atoms with E-state index in [2.05, 4.69) is 5.32 Å². The number of pyridine rings is 1. The van der Waals surface area contributed by atoms with Crippen molar-refractivity contribution in [2.75, 3.05) is 0 Å². The first-order valence-corrected chi connectivity index (χ1v) is 8.55. The number of carbonyl (C=O) groups excluding carboxylic acids is 1. The fourth-order valence-electron chi connectivity index (χ4n) is 2.94. The van der Waals surface area contributed by atoms with Crippen LogP contribution >= 0.6 is 11.6 Å². The zero-order valence-electron chi connectivity index (χ0n) is 14.2. The Kier molecular flexibility index (Phi) is 4.91. The second kappa shape index (κ2) is 7.11. The molecule has 0 unspecified atom stereocenters. The first-order valence-electron chi connectivity index (χ1n) is 8.17. The van der Waals surface area contributed by atoms with Gasteiger partial charge in [-0.3, -0.25) is 9.59 Å². The molecule has 25 heavy (non-hydrogen) atoms. The molecule has 3 rings (SSSR count). The highest BCUT2D eigenvalue weighted by Crippen LogP contribution is 2.24. The van der Waals surface area contributed by atoms with E-state index >= 15 is 0 Å². The van der Waals surface area contributed by atoms with Crippen molar-refractivity contribution in [3.05, 3.63) is 80.6 Å². The van der Waals surface area contributed by atoms with Crippen molar-refractivity contribution in [2.45, 2.75) is 26.9 Å². The number of amides is 1. The molecule has 1 amide bonds. The fraction of sp³-hybridized carbons (Fsp3) is 0.200. The van der Waals surface area contributed by atoms with Gasteiger partial charge in [0, 0.05) is 29.7 Å². The van der Waals surface area contributed by atoms with Crippen LogP contribution in [0.15, 0.2) is 53.5 Å². The Hall–Kier alpha value is -2.59. The topological polar surface area (TPSA) is 51.1 Å². The number of carbonyl (C=O) groups is 1. The molecule has 1 heterocycles. The van der Waals surface area contributed by atoms with E-state index in [9.17, 15) is 9.59 Å². The van der Waals surface area contributed by atoms with Gasteiger partial charge in [-0.15, -0.1) is 0 Å². The molecule has 0 saturated carbocycles. The molecular formula is C20H19ClN2O2. The smallest absolute Gasteiger partial charge is 0.257 e. The van der Waals surface area contributed by atoms with Gasteiger partial charge in [0.05, 0.1) is 5.52 Å². The van der Waals surface area contributed by atoms with Gasteiger partial charge in [0.1, 0.15) is 5.56 Å². The number of hydrogen-bond acceptors (Lipinski definition) is 2. The summed E-state index contributed by atoms with van der Waals surface area (Å²) in [5.41, 5.74) is 2.47. The van der Waals surface area contributed by atoms with Crippen LogP contribution in [0.3, 0.4) is 0 Å². The predicted octanol–water partition coefficient (Wildman–Crippen LogP) is 3.91. The number of aromatic nitrogens is 1. The standard InChI is InChI=1S/C20H19ClN2O2/c1-3-23-12-16(20(25)22-11-14-7-5-4-6-8-14)19(24)15-9-10-17(21)13(2)18(15)23/h4-10,12H,3,11H2,1-2H3,(H,22,25). The number of nitrogens with zero attached hydrogens (tertiary/aromatic N) is 1. The van der Waals surface area contributed by atoms with Crippen molar-refractivity contribution in [1.29, 1.82) is 0 Å². The van der Waals surface area contributed by atoms with Gasteiger partial charge in [0.15, 0.2) is 0 Å². The molecule has 0 aliphatic rings. The minimum Gasteiger partial charge on any atom is -0.348 e. The number of halogens is 1. The van der Waals surface area contributed by atoms with E-state index in [0.717, 1.165) is 16.6 Å². The Morgan fingerprint density at radius 3 is 2.56 bits per heavy atom. The second-order valence-corrected chi connectivity index (χ2v) is 6.30. The van der Waals surface area contributed by atoms with Gasteiger partial charge < -0.3 is 9.88 Å². The van der Waals surface area contributed by atoms with Crippen molar-refractivity contribution >= 4 is 28.4 Å². The summed E-state index contributed by atoms with van der Waals surface area (Å²) in [6, 6.07) is 13.0. The van der Waals surface area contributed by atoms with Crippen LogP contribution < -0.4 is 10.7 Å². The van der Waals surface area contributed by atoms with Crippen LogP contribution in [0, 0.1) is 6.92 Å². The Morgan fingerprint density at radius 2 is 1.88 bits per heavy atom. The number of fused-ring (bicyclic) bond motifs is 1. The summed E-state index contributed by atoms with van der Waals surface area (Å²) >= 11 is 6.19. The molecule has 0 bridgehead atoms. The number of benzene rings is 2. The number of hydrogen-bond donors (Lipinski definition) is 1. The third-order valence-electron chi connectivity index (χ3n) is 4.31.